The Hall–Kier alpha value is -4.34. The third-order valence-electron chi connectivity index (χ3n) is 6.61. The number of H-pyrrole nitrogens is 1. The van der Waals surface area contributed by atoms with Gasteiger partial charge in [-0.1, -0.05) is 121 Å². The number of nitrogens with one attached hydrogen (secondary N) is 1. The first-order chi connectivity index (χ1) is 18.3. The normalized spacial score (nSPS) is 10.9. The Kier molecular flexibility index (Phi) is 6.45. The molecule has 0 spiro atoms. The molecular weight excluding hydrogens is 468 g/mol. The smallest absolute Gasteiger partial charge is 0.138 e. The Labute approximate surface area is 222 Å². The zero-order chi connectivity index (χ0) is 25.0. The molecular formula is C34H26N2S. The number of nitrogens with zero attached hydrogens (tertiary/aromatic N) is 1. The number of aromatic amines is 1. The van der Waals surface area contributed by atoms with Gasteiger partial charge in [0.25, 0.3) is 0 Å². The van der Waals surface area contributed by atoms with Gasteiger partial charge in [0, 0.05) is 21.6 Å². The second kappa shape index (κ2) is 10.3. The van der Waals surface area contributed by atoms with E-state index in [0.29, 0.717) is 0 Å². The van der Waals surface area contributed by atoms with Crippen molar-refractivity contribution < 1.29 is 0 Å². The Morgan fingerprint density at radius 1 is 0.459 bits per heavy atom. The zero-order valence-electron chi connectivity index (χ0n) is 20.6. The van der Waals surface area contributed by atoms with Crippen LogP contribution in [0.5, 0.6) is 0 Å². The zero-order valence-corrected chi connectivity index (χ0v) is 21.4. The van der Waals surface area contributed by atoms with Crippen molar-refractivity contribution in [2.75, 3.05) is 6.26 Å². The van der Waals surface area contributed by atoms with E-state index in [1.807, 2.05) is 12.1 Å². The fraction of sp³-hybridized carbons (Fsp3) is 0.0294. The fourth-order valence-electron chi connectivity index (χ4n) is 4.59. The monoisotopic (exact) mass is 494 g/mol. The Balaban J connectivity index is 1.42. The van der Waals surface area contributed by atoms with Gasteiger partial charge in [-0.2, -0.15) is 0 Å². The molecule has 6 rings (SSSR count). The van der Waals surface area contributed by atoms with Gasteiger partial charge < -0.3 is 4.98 Å². The van der Waals surface area contributed by atoms with E-state index < -0.39 is 0 Å². The molecule has 0 unspecified atom stereocenters. The maximum Gasteiger partial charge on any atom is 0.138 e. The summed E-state index contributed by atoms with van der Waals surface area (Å²) in [6, 6.07) is 46.9. The highest BCUT2D eigenvalue weighted by atomic mass is 32.2. The number of aromatic nitrogens is 2. The van der Waals surface area contributed by atoms with Crippen molar-refractivity contribution in [2.45, 2.75) is 4.90 Å². The van der Waals surface area contributed by atoms with Crippen LogP contribution in [0, 0.1) is 0 Å². The minimum atomic E-state index is 0.872. The molecule has 0 bridgehead atoms. The fourth-order valence-corrected chi connectivity index (χ4v) is 5.00. The molecule has 0 aliphatic rings. The van der Waals surface area contributed by atoms with E-state index in [9.17, 15) is 0 Å². The lowest BCUT2D eigenvalue weighted by molar-refractivity contribution is 1.30. The molecule has 0 saturated heterocycles. The van der Waals surface area contributed by atoms with Crippen LogP contribution in [0.1, 0.15) is 0 Å². The van der Waals surface area contributed by atoms with Crippen LogP contribution in [0.2, 0.25) is 0 Å². The van der Waals surface area contributed by atoms with Gasteiger partial charge in [-0.05, 0) is 40.6 Å². The number of benzene rings is 5. The van der Waals surface area contributed by atoms with Gasteiger partial charge in [-0.15, -0.1) is 11.8 Å². The summed E-state index contributed by atoms with van der Waals surface area (Å²) in [6.07, 6.45) is 2.09. The summed E-state index contributed by atoms with van der Waals surface area (Å²) < 4.78 is 0. The molecule has 0 radical (unpaired) electrons. The van der Waals surface area contributed by atoms with E-state index in [2.05, 4.69) is 133 Å². The molecule has 6 aromatic rings. The first kappa shape index (κ1) is 23.1. The van der Waals surface area contributed by atoms with Crippen molar-refractivity contribution in [1.82, 2.24) is 9.97 Å². The molecule has 0 atom stereocenters. The first-order valence-electron chi connectivity index (χ1n) is 12.3. The third kappa shape index (κ3) is 4.87. The van der Waals surface area contributed by atoms with Crippen LogP contribution in [0.15, 0.2) is 138 Å². The van der Waals surface area contributed by atoms with Crippen molar-refractivity contribution >= 4 is 11.8 Å². The lowest BCUT2D eigenvalue weighted by Gasteiger charge is -2.07. The summed E-state index contributed by atoms with van der Waals surface area (Å²) in [4.78, 5) is 9.98. The molecule has 0 aliphatic carbocycles. The summed E-state index contributed by atoms with van der Waals surface area (Å²) >= 11 is 1.74. The van der Waals surface area contributed by atoms with Crippen LogP contribution in [-0.2, 0) is 0 Å². The van der Waals surface area contributed by atoms with Crippen molar-refractivity contribution in [3.05, 3.63) is 133 Å². The quantitative estimate of drug-likeness (QED) is 0.234. The molecule has 37 heavy (non-hydrogen) atoms. The molecule has 0 fully saturated rings. The van der Waals surface area contributed by atoms with E-state index in [1.165, 1.54) is 27.1 Å². The summed E-state index contributed by atoms with van der Waals surface area (Å²) in [5.74, 6) is 0.872. The maximum absolute atomic E-state index is 5.10. The van der Waals surface area contributed by atoms with Gasteiger partial charge >= 0.3 is 0 Å². The van der Waals surface area contributed by atoms with Gasteiger partial charge in [0.05, 0.1) is 11.4 Å². The topological polar surface area (TPSA) is 28.7 Å². The first-order valence-corrected chi connectivity index (χ1v) is 13.6. The second-order valence-electron chi connectivity index (χ2n) is 8.92. The Morgan fingerprint density at radius 3 is 1.41 bits per heavy atom. The van der Waals surface area contributed by atoms with Crippen molar-refractivity contribution in [1.29, 1.82) is 0 Å². The van der Waals surface area contributed by atoms with E-state index in [0.717, 1.165) is 33.9 Å². The summed E-state index contributed by atoms with van der Waals surface area (Å²) in [5, 5.41) is 0. The second-order valence-corrected chi connectivity index (χ2v) is 9.80. The molecule has 0 saturated carbocycles. The van der Waals surface area contributed by atoms with E-state index in [1.54, 1.807) is 11.8 Å². The molecule has 2 nitrogen and oxygen atoms in total. The van der Waals surface area contributed by atoms with Crippen LogP contribution >= 0.6 is 11.8 Å². The lowest BCUT2D eigenvalue weighted by atomic mass is 9.99. The van der Waals surface area contributed by atoms with E-state index in [-0.39, 0.29) is 0 Å². The molecule has 0 amide bonds. The van der Waals surface area contributed by atoms with Gasteiger partial charge in [0.1, 0.15) is 5.82 Å². The number of hydrogen-bond donors (Lipinski definition) is 1. The van der Waals surface area contributed by atoms with Crippen LogP contribution in [0.25, 0.3) is 56.2 Å². The number of imidazole rings is 1. The minimum Gasteiger partial charge on any atom is -0.337 e. The molecule has 0 aliphatic heterocycles. The van der Waals surface area contributed by atoms with Crippen molar-refractivity contribution in [3.8, 4) is 56.2 Å². The van der Waals surface area contributed by atoms with E-state index in [4.69, 9.17) is 4.98 Å². The predicted octanol–water partition coefficient (Wildman–Crippen LogP) is 9.47. The molecule has 1 aromatic heterocycles. The summed E-state index contributed by atoms with van der Waals surface area (Å²) in [6.45, 7) is 0. The largest absolute Gasteiger partial charge is 0.337 e. The molecule has 1 N–H and O–H groups in total. The number of hydrogen-bond acceptors (Lipinski definition) is 2. The van der Waals surface area contributed by atoms with Crippen molar-refractivity contribution in [3.63, 3.8) is 0 Å². The van der Waals surface area contributed by atoms with Crippen LogP contribution in [0.4, 0.5) is 0 Å². The van der Waals surface area contributed by atoms with E-state index >= 15 is 0 Å². The van der Waals surface area contributed by atoms with Gasteiger partial charge in [0.2, 0.25) is 0 Å². The summed E-state index contributed by atoms with van der Waals surface area (Å²) in [7, 11) is 0. The van der Waals surface area contributed by atoms with Crippen LogP contribution < -0.4 is 0 Å². The highest BCUT2D eigenvalue weighted by Gasteiger charge is 2.16. The number of rotatable bonds is 6. The molecule has 5 aromatic carbocycles. The van der Waals surface area contributed by atoms with Gasteiger partial charge in [-0.3, -0.25) is 0 Å². The van der Waals surface area contributed by atoms with Crippen LogP contribution in [-0.4, -0.2) is 16.2 Å². The standard InChI is InChI=1S/C34H26N2S/c1-37-31-22-20-30(21-23-31)34-35-32(28-16-12-26(13-17-28)24-8-4-2-5-9-24)33(36-34)29-18-14-27(15-19-29)25-10-6-3-7-11-25/h2-23H,1H3,(H,35,36). The SMILES string of the molecule is CSc1ccc(-c2nc(-c3ccc(-c4ccccc4)cc3)c(-c3ccc(-c4ccccc4)cc3)[nH]2)cc1. The van der Waals surface area contributed by atoms with Gasteiger partial charge in [0.15, 0.2) is 0 Å². The average molecular weight is 495 g/mol. The lowest BCUT2D eigenvalue weighted by Crippen LogP contribution is -1.85. The molecule has 178 valence electrons. The summed E-state index contributed by atoms with van der Waals surface area (Å²) in [5.41, 5.74) is 10.1. The van der Waals surface area contributed by atoms with Crippen molar-refractivity contribution in [2.24, 2.45) is 0 Å². The molecule has 1 heterocycles. The Morgan fingerprint density at radius 2 is 0.892 bits per heavy atom. The highest BCUT2D eigenvalue weighted by Crippen LogP contribution is 2.35. The van der Waals surface area contributed by atoms with Crippen LogP contribution in [0.3, 0.4) is 0 Å². The Bertz CT molecular complexity index is 1500. The predicted molar refractivity (Wildman–Crippen MR) is 158 cm³/mol. The minimum absolute atomic E-state index is 0.872. The number of thioether (sulfide) groups is 1. The van der Waals surface area contributed by atoms with Gasteiger partial charge in [-0.25, -0.2) is 4.98 Å². The maximum atomic E-state index is 5.10. The average Bonchev–Trinajstić information content (AvgIpc) is 3.44. The third-order valence-corrected chi connectivity index (χ3v) is 7.36. The highest BCUT2D eigenvalue weighted by molar-refractivity contribution is 7.98. The molecule has 3 heteroatoms.